The van der Waals surface area contributed by atoms with Gasteiger partial charge in [0.15, 0.2) is 0 Å². The summed E-state index contributed by atoms with van der Waals surface area (Å²) in [6.45, 7) is 0.803. The van der Waals surface area contributed by atoms with Crippen LogP contribution in [0.2, 0.25) is 0 Å². The number of nitrogens with two attached hydrogens (primary N) is 1. The monoisotopic (exact) mass is 264 g/mol. The first-order valence-corrected chi connectivity index (χ1v) is 6.60. The van der Waals surface area contributed by atoms with E-state index < -0.39 is 0 Å². The molecule has 0 aliphatic carbocycles. The summed E-state index contributed by atoms with van der Waals surface area (Å²) in [6.07, 6.45) is 6.26. The minimum absolute atomic E-state index is 0.769. The number of hydrogen-bond acceptors (Lipinski definition) is 4. The molecule has 2 aromatic heterocycles. The molecule has 4 nitrogen and oxygen atoms in total. The van der Waals surface area contributed by atoms with Crippen LogP contribution in [0.25, 0.3) is 10.8 Å². The number of nitrogens with one attached hydrogen (secondary N) is 1. The third-order valence-corrected chi connectivity index (χ3v) is 3.28. The normalized spacial score (nSPS) is 10.6. The van der Waals surface area contributed by atoms with E-state index in [1.165, 1.54) is 0 Å². The first kappa shape index (κ1) is 12.4. The molecule has 1 aromatic carbocycles. The van der Waals surface area contributed by atoms with Crippen LogP contribution in [0.1, 0.15) is 5.69 Å². The number of nitrogen functional groups attached to an aromatic ring is 1. The van der Waals surface area contributed by atoms with Gasteiger partial charge in [0.05, 0.1) is 11.4 Å². The molecule has 20 heavy (non-hydrogen) atoms. The Labute approximate surface area is 117 Å². The Morgan fingerprint density at radius 2 is 2.00 bits per heavy atom. The Hall–Kier alpha value is -2.62. The molecule has 0 radical (unpaired) electrons. The summed E-state index contributed by atoms with van der Waals surface area (Å²) in [5.41, 5.74) is 8.99. The fraction of sp³-hybridized carbons (Fsp3) is 0.125. The summed E-state index contributed by atoms with van der Waals surface area (Å²) in [5.74, 6) is 0. The molecule has 0 unspecified atom stereocenters. The molecule has 0 aliphatic heterocycles. The Balaban J connectivity index is 1.73. The molecule has 0 spiro atoms. The standard InChI is InChI=1S/C16H16N4/c17-16-14-7-9-18-11-12(14)4-5-15(16)20-10-6-13-3-1-2-8-19-13/h1-5,7-9,11,20H,6,10,17H2. The molecule has 3 aromatic rings. The molecule has 0 fully saturated rings. The van der Waals surface area contributed by atoms with Crippen molar-refractivity contribution in [2.75, 3.05) is 17.6 Å². The van der Waals surface area contributed by atoms with Crippen molar-refractivity contribution in [3.05, 3.63) is 60.7 Å². The molecule has 0 saturated carbocycles. The van der Waals surface area contributed by atoms with Crippen LogP contribution in [0.5, 0.6) is 0 Å². The van der Waals surface area contributed by atoms with Crippen LogP contribution in [0.4, 0.5) is 11.4 Å². The SMILES string of the molecule is Nc1c(NCCc2ccccn2)ccc2cnccc12. The lowest BCUT2D eigenvalue weighted by Gasteiger charge is -2.11. The topological polar surface area (TPSA) is 63.8 Å². The van der Waals surface area contributed by atoms with Crippen molar-refractivity contribution in [2.45, 2.75) is 6.42 Å². The van der Waals surface area contributed by atoms with Gasteiger partial charge < -0.3 is 11.1 Å². The lowest BCUT2D eigenvalue weighted by molar-refractivity contribution is 0.962. The van der Waals surface area contributed by atoms with E-state index in [4.69, 9.17) is 5.73 Å². The minimum Gasteiger partial charge on any atom is -0.397 e. The predicted octanol–water partition coefficient (Wildman–Crippen LogP) is 2.87. The van der Waals surface area contributed by atoms with Crippen molar-refractivity contribution in [2.24, 2.45) is 0 Å². The number of aromatic nitrogens is 2. The number of anilines is 2. The highest BCUT2D eigenvalue weighted by molar-refractivity contribution is 5.98. The van der Waals surface area contributed by atoms with Crippen LogP contribution in [0, 0.1) is 0 Å². The molecular formula is C16H16N4. The smallest absolute Gasteiger partial charge is 0.0630 e. The maximum atomic E-state index is 6.19. The highest BCUT2D eigenvalue weighted by Crippen LogP contribution is 2.27. The van der Waals surface area contributed by atoms with Gasteiger partial charge in [0.2, 0.25) is 0 Å². The van der Waals surface area contributed by atoms with Gasteiger partial charge in [-0.2, -0.15) is 0 Å². The van der Waals surface area contributed by atoms with Gasteiger partial charge in [0.1, 0.15) is 0 Å². The second kappa shape index (κ2) is 5.57. The zero-order chi connectivity index (χ0) is 13.8. The molecule has 3 rings (SSSR count). The van der Waals surface area contributed by atoms with Gasteiger partial charge in [-0.15, -0.1) is 0 Å². The summed E-state index contributed by atoms with van der Waals surface area (Å²) in [6, 6.07) is 11.9. The molecule has 0 aliphatic rings. The van der Waals surface area contributed by atoms with Crippen LogP contribution in [0.3, 0.4) is 0 Å². The Bertz CT molecular complexity index is 710. The van der Waals surface area contributed by atoms with Crippen molar-refractivity contribution in [1.29, 1.82) is 0 Å². The number of benzene rings is 1. The molecule has 0 amide bonds. The average molecular weight is 264 g/mol. The summed E-state index contributed by atoms with van der Waals surface area (Å²) in [5, 5.41) is 5.45. The highest BCUT2D eigenvalue weighted by Gasteiger charge is 2.04. The Morgan fingerprint density at radius 1 is 1.05 bits per heavy atom. The van der Waals surface area contributed by atoms with E-state index in [1.54, 1.807) is 6.20 Å². The molecule has 2 heterocycles. The van der Waals surface area contributed by atoms with Gasteiger partial charge >= 0.3 is 0 Å². The molecule has 0 saturated heterocycles. The zero-order valence-electron chi connectivity index (χ0n) is 11.1. The predicted molar refractivity (Wildman–Crippen MR) is 82.6 cm³/mol. The molecule has 4 heteroatoms. The van der Waals surface area contributed by atoms with Crippen molar-refractivity contribution >= 4 is 22.1 Å². The molecular weight excluding hydrogens is 248 g/mol. The largest absolute Gasteiger partial charge is 0.397 e. The molecule has 100 valence electrons. The maximum absolute atomic E-state index is 6.19. The van der Waals surface area contributed by atoms with E-state index in [9.17, 15) is 0 Å². The average Bonchev–Trinajstić information content (AvgIpc) is 2.51. The third kappa shape index (κ3) is 2.54. The van der Waals surface area contributed by atoms with Crippen molar-refractivity contribution in [1.82, 2.24) is 9.97 Å². The van der Waals surface area contributed by atoms with E-state index in [1.807, 2.05) is 48.8 Å². The Morgan fingerprint density at radius 3 is 2.85 bits per heavy atom. The lowest BCUT2D eigenvalue weighted by Crippen LogP contribution is -2.07. The van der Waals surface area contributed by atoms with E-state index in [2.05, 4.69) is 15.3 Å². The zero-order valence-corrected chi connectivity index (χ0v) is 11.1. The second-order valence-corrected chi connectivity index (χ2v) is 4.62. The lowest BCUT2D eigenvalue weighted by atomic mass is 10.1. The first-order chi connectivity index (χ1) is 9.84. The number of fused-ring (bicyclic) bond motifs is 1. The van der Waals surface area contributed by atoms with Gasteiger partial charge in [0.25, 0.3) is 0 Å². The van der Waals surface area contributed by atoms with Crippen LogP contribution in [0.15, 0.2) is 55.0 Å². The second-order valence-electron chi connectivity index (χ2n) is 4.62. The van der Waals surface area contributed by atoms with E-state index in [0.717, 1.165) is 40.8 Å². The van der Waals surface area contributed by atoms with Crippen LogP contribution in [-0.4, -0.2) is 16.5 Å². The van der Waals surface area contributed by atoms with Crippen LogP contribution >= 0.6 is 0 Å². The summed E-state index contributed by atoms with van der Waals surface area (Å²) >= 11 is 0. The van der Waals surface area contributed by atoms with Gasteiger partial charge in [-0.3, -0.25) is 9.97 Å². The number of pyridine rings is 2. The fourth-order valence-corrected chi connectivity index (χ4v) is 2.22. The molecule has 0 atom stereocenters. The van der Waals surface area contributed by atoms with Gasteiger partial charge in [-0.1, -0.05) is 12.1 Å². The van der Waals surface area contributed by atoms with Gasteiger partial charge in [-0.05, 0) is 24.3 Å². The van der Waals surface area contributed by atoms with Crippen LogP contribution < -0.4 is 11.1 Å². The quantitative estimate of drug-likeness (QED) is 0.711. The molecule has 0 bridgehead atoms. The van der Waals surface area contributed by atoms with E-state index in [0.29, 0.717) is 0 Å². The van der Waals surface area contributed by atoms with E-state index >= 15 is 0 Å². The van der Waals surface area contributed by atoms with Gasteiger partial charge in [-0.25, -0.2) is 0 Å². The molecule has 3 N–H and O–H groups in total. The van der Waals surface area contributed by atoms with Crippen molar-refractivity contribution in [3.8, 4) is 0 Å². The third-order valence-electron chi connectivity index (χ3n) is 3.28. The minimum atomic E-state index is 0.769. The first-order valence-electron chi connectivity index (χ1n) is 6.60. The van der Waals surface area contributed by atoms with E-state index in [-0.39, 0.29) is 0 Å². The van der Waals surface area contributed by atoms with Crippen molar-refractivity contribution < 1.29 is 0 Å². The number of nitrogens with zero attached hydrogens (tertiary/aromatic N) is 2. The number of rotatable bonds is 4. The van der Waals surface area contributed by atoms with Gasteiger partial charge in [0, 0.05) is 48.0 Å². The maximum Gasteiger partial charge on any atom is 0.0630 e. The highest BCUT2D eigenvalue weighted by atomic mass is 14.9. The summed E-state index contributed by atoms with van der Waals surface area (Å²) in [7, 11) is 0. The summed E-state index contributed by atoms with van der Waals surface area (Å²) in [4.78, 5) is 8.40. The Kier molecular flexibility index (Phi) is 3.46. The van der Waals surface area contributed by atoms with Crippen LogP contribution in [-0.2, 0) is 6.42 Å². The number of hydrogen-bond donors (Lipinski definition) is 2. The fourth-order valence-electron chi connectivity index (χ4n) is 2.22. The van der Waals surface area contributed by atoms with Crippen molar-refractivity contribution in [3.63, 3.8) is 0 Å². The summed E-state index contributed by atoms with van der Waals surface area (Å²) < 4.78 is 0.